The summed E-state index contributed by atoms with van der Waals surface area (Å²) in [5.41, 5.74) is 2.44. The van der Waals surface area contributed by atoms with Crippen LogP contribution in [-0.2, 0) is 22.5 Å². The number of hydrogen-bond acceptors (Lipinski definition) is 3. The lowest BCUT2D eigenvalue weighted by molar-refractivity contribution is -0.135. The summed E-state index contributed by atoms with van der Waals surface area (Å²) < 4.78 is 10.8. The molecule has 0 bridgehead atoms. The van der Waals surface area contributed by atoms with Crippen molar-refractivity contribution in [3.8, 4) is 0 Å². The number of methoxy groups -OCH3 is 1. The molecular formula is C18H21NO3. The summed E-state index contributed by atoms with van der Waals surface area (Å²) in [6, 6.07) is 12.0. The van der Waals surface area contributed by atoms with Crippen molar-refractivity contribution in [1.29, 1.82) is 0 Å². The van der Waals surface area contributed by atoms with Crippen molar-refractivity contribution < 1.29 is 13.9 Å². The number of benzene rings is 1. The first-order chi connectivity index (χ1) is 10.7. The molecule has 1 aliphatic carbocycles. The lowest BCUT2D eigenvalue weighted by atomic mass is 9.77. The number of rotatable bonds is 6. The quantitative estimate of drug-likeness (QED) is 0.823. The van der Waals surface area contributed by atoms with E-state index < -0.39 is 0 Å². The third kappa shape index (κ3) is 2.92. The van der Waals surface area contributed by atoms with E-state index >= 15 is 0 Å². The third-order valence-electron chi connectivity index (χ3n) is 4.17. The molecule has 116 valence electrons. The first kappa shape index (κ1) is 14.9. The molecule has 0 spiro atoms. The Labute approximate surface area is 130 Å². The third-order valence-corrected chi connectivity index (χ3v) is 4.17. The molecule has 3 rings (SSSR count). The zero-order valence-corrected chi connectivity index (χ0v) is 13.0. The monoisotopic (exact) mass is 299 g/mol. The molecule has 0 N–H and O–H groups in total. The van der Waals surface area contributed by atoms with Crippen LogP contribution >= 0.6 is 0 Å². The normalized spacial score (nSPS) is 16.0. The van der Waals surface area contributed by atoms with E-state index in [0.717, 1.165) is 23.5 Å². The van der Waals surface area contributed by atoms with E-state index in [1.165, 1.54) is 5.56 Å². The molecule has 1 aromatic heterocycles. The van der Waals surface area contributed by atoms with Gasteiger partial charge in [-0.05, 0) is 36.6 Å². The molecule has 1 aromatic carbocycles. The van der Waals surface area contributed by atoms with Gasteiger partial charge in [-0.25, -0.2) is 0 Å². The highest BCUT2D eigenvalue weighted by atomic mass is 16.5. The first-order valence-electron chi connectivity index (χ1n) is 7.60. The second-order valence-corrected chi connectivity index (χ2v) is 5.72. The highest BCUT2D eigenvalue weighted by Crippen LogP contribution is 2.36. The van der Waals surface area contributed by atoms with Gasteiger partial charge in [0.15, 0.2) is 0 Å². The molecular weight excluding hydrogens is 278 g/mol. The van der Waals surface area contributed by atoms with Crippen LogP contribution in [0.15, 0.2) is 40.8 Å². The van der Waals surface area contributed by atoms with Crippen LogP contribution in [0.2, 0.25) is 0 Å². The number of hydrogen-bond donors (Lipinski definition) is 0. The van der Waals surface area contributed by atoms with Gasteiger partial charge in [0.05, 0.1) is 19.1 Å². The van der Waals surface area contributed by atoms with E-state index in [2.05, 4.69) is 6.07 Å². The van der Waals surface area contributed by atoms with Crippen LogP contribution in [0.4, 0.5) is 0 Å². The van der Waals surface area contributed by atoms with Crippen LogP contribution in [-0.4, -0.2) is 31.1 Å². The van der Waals surface area contributed by atoms with E-state index in [1.807, 2.05) is 42.2 Å². The van der Waals surface area contributed by atoms with Gasteiger partial charge in [-0.1, -0.05) is 24.3 Å². The van der Waals surface area contributed by atoms with Crippen LogP contribution in [0.3, 0.4) is 0 Å². The Hall–Kier alpha value is -2.07. The lowest BCUT2D eigenvalue weighted by Crippen LogP contribution is -2.40. The number of aryl methyl sites for hydroxylation is 1. The molecule has 0 saturated carbocycles. The van der Waals surface area contributed by atoms with Crippen LogP contribution in [0, 0.1) is 6.92 Å². The van der Waals surface area contributed by atoms with Crippen molar-refractivity contribution in [2.24, 2.45) is 0 Å². The molecule has 0 aliphatic heterocycles. The molecule has 0 radical (unpaired) electrons. The summed E-state index contributed by atoms with van der Waals surface area (Å²) in [5.74, 6) is 1.81. The van der Waals surface area contributed by atoms with E-state index in [-0.39, 0.29) is 11.8 Å². The average Bonchev–Trinajstić information content (AvgIpc) is 2.90. The SMILES string of the molecule is COCCN(Cc1ccc(C)o1)C(=O)C1Cc2ccccc21. The Morgan fingerprint density at radius 2 is 2.14 bits per heavy atom. The zero-order valence-electron chi connectivity index (χ0n) is 13.0. The maximum absolute atomic E-state index is 12.8. The molecule has 1 atom stereocenters. The maximum atomic E-state index is 12.8. The molecule has 1 heterocycles. The van der Waals surface area contributed by atoms with Crippen LogP contribution < -0.4 is 0 Å². The zero-order chi connectivity index (χ0) is 15.5. The summed E-state index contributed by atoms with van der Waals surface area (Å²) >= 11 is 0. The van der Waals surface area contributed by atoms with Gasteiger partial charge in [0.2, 0.25) is 5.91 Å². The molecule has 0 saturated heterocycles. The van der Waals surface area contributed by atoms with Gasteiger partial charge in [-0.2, -0.15) is 0 Å². The number of nitrogens with zero attached hydrogens (tertiary/aromatic N) is 1. The maximum Gasteiger partial charge on any atom is 0.230 e. The van der Waals surface area contributed by atoms with Crippen molar-refractivity contribution >= 4 is 5.91 Å². The predicted octanol–water partition coefficient (Wildman–Crippen LogP) is 2.90. The van der Waals surface area contributed by atoms with Crippen molar-refractivity contribution in [1.82, 2.24) is 4.90 Å². The van der Waals surface area contributed by atoms with Gasteiger partial charge in [0.25, 0.3) is 0 Å². The van der Waals surface area contributed by atoms with E-state index in [0.29, 0.717) is 19.7 Å². The van der Waals surface area contributed by atoms with Gasteiger partial charge in [0, 0.05) is 13.7 Å². The number of amides is 1. The largest absolute Gasteiger partial charge is 0.464 e. The highest BCUT2D eigenvalue weighted by Gasteiger charge is 2.34. The number of carbonyl (C=O) groups excluding carboxylic acids is 1. The summed E-state index contributed by atoms with van der Waals surface area (Å²) in [7, 11) is 1.65. The molecule has 22 heavy (non-hydrogen) atoms. The Kier molecular flexibility index (Phi) is 4.29. The Morgan fingerprint density at radius 1 is 1.32 bits per heavy atom. The summed E-state index contributed by atoms with van der Waals surface area (Å²) in [6.07, 6.45) is 0.829. The molecule has 1 amide bonds. The second-order valence-electron chi connectivity index (χ2n) is 5.72. The summed E-state index contributed by atoms with van der Waals surface area (Å²) in [4.78, 5) is 14.7. The van der Waals surface area contributed by atoms with Gasteiger partial charge in [-0.15, -0.1) is 0 Å². The topological polar surface area (TPSA) is 42.7 Å². The number of fused-ring (bicyclic) bond motifs is 1. The lowest BCUT2D eigenvalue weighted by Gasteiger charge is -2.33. The van der Waals surface area contributed by atoms with Crippen molar-refractivity contribution in [3.63, 3.8) is 0 Å². The molecule has 4 heteroatoms. The first-order valence-corrected chi connectivity index (χ1v) is 7.60. The van der Waals surface area contributed by atoms with Crippen molar-refractivity contribution in [2.75, 3.05) is 20.3 Å². The Bertz CT molecular complexity index is 662. The van der Waals surface area contributed by atoms with Gasteiger partial charge >= 0.3 is 0 Å². The molecule has 4 nitrogen and oxygen atoms in total. The summed E-state index contributed by atoms with van der Waals surface area (Å²) in [6.45, 7) is 3.51. The summed E-state index contributed by atoms with van der Waals surface area (Å²) in [5, 5.41) is 0. The fourth-order valence-electron chi connectivity index (χ4n) is 2.93. The number of ether oxygens (including phenoxy) is 1. The molecule has 1 aliphatic rings. The molecule has 0 fully saturated rings. The number of furan rings is 1. The van der Waals surface area contributed by atoms with E-state index in [4.69, 9.17) is 9.15 Å². The standard InChI is InChI=1S/C18H21NO3/c1-13-7-8-15(22-13)12-19(9-10-21-2)18(20)17-11-14-5-3-4-6-16(14)17/h3-8,17H,9-12H2,1-2H3. The van der Waals surface area contributed by atoms with Crippen molar-refractivity contribution in [3.05, 3.63) is 59.0 Å². The van der Waals surface area contributed by atoms with Gasteiger partial charge in [0.1, 0.15) is 11.5 Å². The van der Waals surface area contributed by atoms with Crippen LogP contribution in [0.25, 0.3) is 0 Å². The minimum atomic E-state index is -0.0240. The van der Waals surface area contributed by atoms with E-state index in [1.54, 1.807) is 7.11 Å². The minimum absolute atomic E-state index is 0.0240. The van der Waals surface area contributed by atoms with E-state index in [9.17, 15) is 4.79 Å². The minimum Gasteiger partial charge on any atom is -0.464 e. The predicted molar refractivity (Wildman–Crippen MR) is 83.6 cm³/mol. The second kappa shape index (κ2) is 6.36. The van der Waals surface area contributed by atoms with Crippen LogP contribution in [0.5, 0.6) is 0 Å². The van der Waals surface area contributed by atoms with Crippen LogP contribution in [0.1, 0.15) is 28.6 Å². The molecule has 2 aromatic rings. The average molecular weight is 299 g/mol. The van der Waals surface area contributed by atoms with Gasteiger partial charge in [-0.3, -0.25) is 4.79 Å². The van der Waals surface area contributed by atoms with Crippen molar-refractivity contribution in [2.45, 2.75) is 25.8 Å². The molecule has 1 unspecified atom stereocenters. The van der Waals surface area contributed by atoms with Gasteiger partial charge < -0.3 is 14.1 Å². The highest BCUT2D eigenvalue weighted by molar-refractivity contribution is 5.86. The Balaban J connectivity index is 1.73. The Morgan fingerprint density at radius 3 is 2.82 bits per heavy atom. The fourth-order valence-corrected chi connectivity index (χ4v) is 2.93. The fraction of sp³-hybridized carbons (Fsp3) is 0.389. The number of carbonyl (C=O) groups is 1. The smallest absolute Gasteiger partial charge is 0.230 e.